The Hall–Kier alpha value is -2.50. The van der Waals surface area contributed by atoms with E-state index < -0.39 is 11.6 Å². The van der Waals surface area contributed by atoms with Crippen LogP contribution in [0.3, 0.4) is 0 Å². The fourth-order valence-electron chi connectivity index (χ4n) is 1.93. The van der Waals surface area contributed by atoms with Crippen LogP contribution < -0.4 is 5.73 Å². The highest BCUT2D eigenvalue weighted by atomic mass is 19.2. The molecule has 0 unspecified atom stereocenters. The maximum Gasteiger partial charge on any atom is 0.178 e. The molecule has 0 spiro atoms. The lowest BCUT2D eigenvalue weighted by Crippen LogP contribution is -1.95. The Morgan fingerprint density at radius 1 is 1.21 bits per heavy atom. The Morgan fingerprint density at radius 2 is 1.95 bits per heavy atom. The number of aryl methyl sites for hydroxylation is 1. The third-order valence-electron chi connectivity index (χ3n) is 2.95. The average Bonchev–Trinajstić information content (AvgIpc) is 2.79. The fourth-order valence-corrected chi connectivity index (χ4v) is 1.93. The zero-order valence-electron chi connectivity index (χ0n) is 10.0. The molecule has 3 aromatic rings. The van der Waals surface area contributed by atoms with Crippen molar-refractivity contribution in [2.75, 3.05) is 5.73 Å². The molecule has 0 atom stereocenters. The zero-order chi connectivity index (χ0) is 13.6. The second-order valence-electron chi connectivity index (χ2n) is 4.27. The number of H-pyrrole nitrogens is 1. The number of aromatic amines is 1. The van der Waals surface area contributed by atoms with Gasteiger partial charge in [0.15, 0.2) is 17.3 Å². The highest BCUT2D eigenvalue weighted by Gasteiger charge is 2.14. The van der Waals surface area contributed by atoms with Gasteiger partial charge in [-0.3, -0.25) is 0 Å². The summed E-state index contributed by atoms with van der Waals surface area (Å²) in [5, 5.41) is 0. The van der Waals surface area contributed by atoms with E-state index in [-0.39, 0.29) is 5.69 Å². The third-order valence-corrected chi connectivity index (χ3v) is 2.95. The van der Waals surface area contributed by atoms with Crippen molar-refractivity contribution in [2.24, 2.45) is 0 Å². The quantitative estimate of drug-likeness (QED) is 0.661. The molecule has 19 heavy (non-hydrogen) atoms. The molecule has 0 aliphatic heterocycles. The number of anilines is 1. The maximum absolute atomic E-state index is 13.3. The molecule has 1 aromatic carbocycles. The summed E-state index contributed by atoms with van der Waals surface area (Å²) in [6.45, 7) is 1.90. The molecular weight excluding hydrogens is 250 g/mol. The van der Waals surface area contributed by atoms with E-state index in [2.05, 4.69) is 15.0 Å². The number of pyridine rings is 1. The fraction of sp³-hybridized carbons (Fsp3) is 0.0769. The van der Waals surface area contributed by atoms with Gasteiger partial charge in [-0.15, -0.1) is 0 Å². The standard InChI is InChI=1S/C13H10F2N4/c1-6-2-3-17-13-11(6)18-12(19-13)7-4-8(14)9(15)5-10(7)16/h2-5H,16H2,1H3,(H,17,18,19). The second kappa shape index (κ2) is 4.01. The second-order valence-corrected chi connectivity index (χ2v) is 4.27. The van der Waals surface area contributed by atoms with Crippen molar-refractivity contribution < 1.29 is 8.78 Å². The summed E-state index contributed by atoms with van der Waals surface area (Å²) in [6, 6.07) is 3.80. The van der Waals surface area contributed by atoms with Crippen LogP contribution in [-0.2, 0) is 0 Å². The van der Waals surface area contributed by atoms with E-state index in [0.29, 0.717) is 17.0 Å². The molecule has 0 amide bonds. The first-order valence-corrected chi connectivity index (χ1v) is 5.62. The van der Waals surface area contributed by atoms with Crippen molar-refractivity contribution in [3.8, 4) is 11.4 Å². The maximum atomic E-state index is 13.3. The van der Waals surface area contributed by atoms with E-state index in [1.807, 2.05) is 13.0 Å². The van der Waals surface area contributed by atoms with Gasteiger partial charge in [0.05, 0.1) is 5.52 Å². The molecule has 2 aromatic heterocycles. The van der Waals surface area contributed by atoms with Gasteiger partial charge in [0.2, 0.25) is 0 Å². The van der Waals surface area contributed by atoms with E-state index in [9.17, 15) is 8.78 Å². The third kappa shape index (κ3) is 1.81. The highest BCUT2D eigenvalue weighted by molar-refractivity contribution is 5.81. The van der Waals surface area contributed by atoms with Crippen LogP contribution in [0, 0.1) is 18.6 Å². The first kappa shape index (κ1) is 11.6. The number of hydrogen-bond acceptors (Lipinski definition) is 3. The van der Waals surface area contributed by atoms with Crippen LogP contribution in [0.4, 0.5) is 14.5 Å². The van der Waals surface area contributed by atoms with Crippen LogP contribution in [0.2, 0.25) is 0 Å². The molecule has 3 rings (SSSR count). The van der Waals surface area contributed by atoms with Crippen molar-refractivity contribution in [3.63, 3.8) is 0 Å². The summed E-state index contributed by atoms with van der Waals surface area (Å²) in [7, 11) is 0. The molecule has 2 heterocycles. The Balaban J connectivity index is 2.25. The largest absolute Gasteiger partial charge is 0.398 e. The van der Waals surface area contributed by atoms with E-state index in [4.69, 9.17) is 5.73 Å². The Labute approximate surface area is 107 Å². The summed E-state index contributed by atoms with van der Waals surface area (Å²) in [5.74, 6) is -1.57. The molecule has 6 heteroatoms. The Bertz CT molecular complexity index is 780. The van der Waals surface area contributed by atoms with Crippen LogP contribution in [0.5, 0.6) is 0 Å². The lowest BCUT2D eigenvalue weighted by Gasteiger charge is -2.03. The molecule has 96 valence electrons. The molecule has 0 aliphatic rings. The predicted molar refractivity (Wildman–Crippen MR) is 68.4 cm³/mol. The van der Waals surface area contributed by atoms with Crippen molar-refractivity contribution >= 4 is 16.9 Å². The van der Waals surface area contributed by atoms with E-state index in [1.54, 1.807) is 6.20 Å². The minimum atomic E-state index is -0.980. The topological polar surface area (TPSA) is 67.6 Å². The first-order valence-electron chi connectivity index (χ1n) is 5.62. The summed E-state index contributed by atoms with van der Waals surface area (Å²) < 4.78 is 26.3. The number of rotatable bonds is 1. The molecule has 0 radical (unpaired) electrons. The van der Waals surface area contributed by atoms with Crippen LogP contribution in [0.1, 0.15) is 5.56 Å². The Kier molecular flexibility index (Phi) is 2.45. The number of nitrogens with zero attached hydrogens (tertiary/aromatic N) is 2. The minimum absolute atomic E-state index is 0.121. The number of nitrogen functional groups attached to an aromatic ring is 1. The predicted octanol–water partition coefficient (Wildman–Crippen LogP) is 2.79. The molecule has 0 bridgehead atoms. The van der Waals surface area contributed by atoms with Crippen LogP contribution in [0.15, 0.2) is 24.4 Å². The normalized spacial score (nSPS) is 11.1. The molecule has 0 saturated heterocycles. The Morgan fingerprint density at radius 3 is 2.68 bits per heavy atom. The van der Waals surface area contributed by atoms with Gasteiger partial charge < -0.3 is 10.7 Å². The number of halogens is 2. The summed E-state index contributed by atoms with van der Waals surface area (Å²) in [4.78, 5) is 11.4. The van der Waals surface area contributed by atoms with Gasteiger partial charge in [0.25, 0.3) is 0 Å². The molecule has 3 N–H and O–H groups in total. The molecule has 4 nitrogen and oxygen atoms in total. The van der Waals surface area contributed by atoms with Crippen molar-refractivity contribution in [3.05, 3.63) is 41.6 Å². The van der Waals surface area contributed by atoms with Crippen molar-refractivity contribution in [1.29, 1.82) is 0 Å². The molecule has 0 aliphatic carbocycles. The van der Waals surface area contributed by atoms with Gasteiger partial charge in [-0.05, 0) is 24.6 Å². The molecular formula is C13H10F2N4. The zero-order valence-corrected chi connectivity index (χ0v) is 10.0. The SMILES string of the molecule is Cc1ccnc2nc(-c3cc(F)c(F)cc3N)[nH]c12. The summed E-state index contributed by atoms with van der Waals surface area (Å²) in [5.41, 5.74) is 8.36. The lowest BCUT2D eigenvalue weighted by molar-refractivity contribution is 0.509. The van der Waals surface area contributed by atoms with Gasteiger partial charge >= 0.3 is 0 Å². The highest BCUT2D eigenvalue weighted by Crippen LogP contribution is 2.28. The average molecular weight is 260 g/mol. The summed E-state index contributed by atoms with van der Waals surface area (Å²) in [6.07, 6.45) is 1.64. The summed E-state index contributed by atoms with van der Waals surface area (Å²) >= 11 is 0. The number of benzene rings is 1. The van der Waals surface area contributed by atoms with Crippen molar-refractivity contribution in [1.82, 2.24) is 15.0 Å². The van der Waals surface area contributed by atoms with E-state index >= 15 is 0 Å². The van der Waals surface area contributed by atoms with Crippen LogP contribution in [-0.4, -0.2) is 15.0 Å². The number of imidazole rings is 1. The van der Waals surface area contributed by atoms with Gasteiger partial charge in [0, 0.05) is 23.5 Å². The van der Waals surface area contributed by atoms with E-state index in [0.717, 1.165) is 23.2 Å². The van der Waals surface area contributed by atoms with Crippen LogP contribution in [0.25, 0.3) is 22.6 Å². The number of nitrogens with one attached hydrogen (secondary N) is 1. The number of nitrogens with two attached hydrogens (primary N) is 1. The monoisotopic (exact) mass is 260 g/mol. The van der Waals surface area contributed by atoms with Crippen molar-refractivity contribution in [2.45, 2.75) is 6.92 Å². The smallest absolute Gasteiger partial charge is 0.178 e. The lowest BCUT2D eigenvalue weighted by atomic mass is 10.1. The first-order chi connectivity index (χ1) is 9.06. The number of fused-ring (bicyclic) bond motifs is 1. The number of aromatic nitrogens is 3. The van der Waals surface area contributed by atoms with Crippen LogP contribution >= 0.6 is 0 Å². The van der Waals surface area contributed by atoms with Gasteiger partial charge in [-0.2, -0.15) is 0 Å². The number of hydrogen-bond donors (Lipinski definition) is 2. The van der Waals surface area contributed by atoms with Gasteiger partial charge in [0.1, 0.15) is 5.82 Å². The van der Waals surface area contributed by atoms with Gasteiger partial charge in [-0.1, -0.05) is 0 Å². The molecule has 0 saturated carbocycles. The molecule has 0 fully saturated rings. The van der Waals surface area contributed by atoms with Gasteiger partial charge in [-0.25, -0.2) is 18.7 Å². The minimum Gasteiger partial charge on any atom is -0.398 e. The van der Waals surface area contributed by atoms with E-state index in [1.165, 1.54) is 0 Å².